The van der Waals surface area contributed by atoms with E-state index in [0.29, 0.717) is 11.4 Å². The number of ether oxygens (including phenoxy) is 1. The summed E-state index contributed by atoms with van der Waals surface area (Å²) in [5, 5.41) is 0. The van der Waals surface area contributed by atoms with Gasteiger partial charge in [-0.25, -0.2) is 8.42 Å². The van der Waals surface area contributed by atoms with Crippen molar-refractivity contribution in [1.82, 2.24) is 4.90 Å². The summed E-state index contributed by atoms with van der Waals surface area (Å²) in [5.41, 5.74) is 1.25. The standard InChI is InChI=1S/C22H28N2O4S/c1-17-13-14-21(28-3)20(15-17)24(29(26,27)19-11-5-4-6-12-19)16-22(25)23(2)18-9-7-8-10-18/h4-6,11-15,18H,7-10,16H2,1-3H3. The summed E-state index contributed by atoms with van der Waals surface area (Å²) in [6, 6.07) is 13.7. The number of aryl methyl sites for hydroxylation is 1. The monoisotopic (exact) mass is 416 g/mol. The van der Waals surface area contributed by atoms with E-state index in [1.807, 2.05) is 13.0 Å². The van der Waals surface area contributed by atoms with Crippen LogP contribution in [0.4, 0.5) is 5.69 Å². The second-order valence-electron chi connectivity index (χ2n) is 7.44. The van der Waals surface area contributed by atoms with Crippen molar-refractivity contribution in [3.05, 3.63) is 54.1 Å². The Balaban J connectivity index is 2.02. The van der Waals surface area contributed by atoms with Gasteiger partial charge in [-0.15, -0.1) is 0 Å². The number of anilines is 1. The van der Waals surface area contributed by atoms with E-state index in [9.17, 15) is 13.2 Å². The molecule has 1 aliphatic carbocycles. The number of benzene rings is 2. The number of amides is 1. The molecule has 0 heterocycles. The maximum Gasteiger partial charge on any atom is 0.264 e. The predicted octanol–water partition coefficient (Wildman–Crippen LogP) is 3.60. The van der Waals surface area contributed by atoms with Crippen molar-refractivity contribution in [2.45, 2.75) is 43.5 Å². The van der Waals surface area contributed by atoms with Crippen LogP contribution in [0.15, 0.2) is 53.4 Å². The molecule has 29 heavy (non-hydrogen) atoms. The molecule has 1 saturated carbocycles. The van der Waals surface area contributed by atoms with Crippen LogP contribution in [0.5, 0.6) is 5.75 Å². The summed E-state index contributed by atoms with van der Waals surface area (Å²) in [5.74, 6) is 0.186. The van der Waals surface area contributed by atoms with Crippen molar-refractivity contribution >= 4 is 21.6 Å². The summed E-state index contributed by atoms with van der Waals surface area (Å²) in [6.07, 6.45) is 4.11. The van der Waals surface area contributed by atoms with E-state index in [1.54, 1.807) is 42.3 Å². The molecule has 0 atom stereocenters. The van der Waals surface area contributed by atoms with Crippen LogP contribution >= 0.6 is 0 Å². The van der Waals surface area contributed by atoms with Crippen LogP contribution in [0.2, 0.25) is 0 Å². The molecule has 3 rings (SSSR count). The first-order chi connectivity index (χ1) is 13.8. The highest BCUT2D eigenvalue weighted by Crippen LogP contribution is 2.33. The maximum absolute atomic E-state index is 13.5. The van der Waals surface area contributed by atoms with Gasteiger partial charge in [-0.2, -0.15) is 0 Å². The van der Waals surface area contributed by atoms with Gasteiger partial charge < -0.3 is 9.64 Å². The van der Waals surface area contributed by atoms with Gasteiger partial charge in [-0.05, 0) is 49.6 Å². The van der Waals surface area contributed by atoms with Gasteiger partial charge >= 0.3 is 0 Å². The largest absolute Gasteiger partial charge is 0.495 e. The van der Waals surface area contributed by atoms with Gasteiger partial charge in [0.1, 0.15) is 12.3 Å². The van der Waals surface area contributed by atoms with Gasteiger partial charge in [0.2, 0.25) is 5.91 Å². The van der Waals surface area contributed by atoms with Crippen molar-refractivity contribution < 1.29 is 17.9 Å². The van der Waals surface area contributed by atoms with Gasteiger partial charge in [0.15, 0.2) is 0 Å². The average Bonchev–Trinajstić information content (AvgIpc) is 3.26. The van der Waals surface area contributed by atoms with Crippen molar-refractivity contribution in [1.29, 1.82) is 0 Å². The first-order valence-corrected chi connectivity index (χ1v) is 11.3. The molecule has 2 aromatic rings. The highest BCUT2D eigenvalue weighted by Gasteiger charge is 2.32. The van der Waals surface area contributed by atoms with Crippen molar-refractivity contribution in [2.75, 3.05) is 25.0 Å². The van der Waals surface area contributed by atoms with Crippen LogP contribution in [0.3, 0.4) is 0 Å². The van der Waals surface area contributed by atoms with E-state index in [1.165, 1.54) is 23.5 Å². The molecule has 0 radical (unpaired) electrons. The third-order valence-electron chi connectivity index (χ3n) is 5.48. The molecule has 0 unspecified atom stereocenters. The average molecular weight is 417 g/mol. The SMILES string of the molecule is COc1ccc(C)cc1N(CC(=O)N(C)C1CCCC1)S(=O)(=O)c1ccccc1. The summed E-state index contributed by atoms with van der Waals surface area (Å²) in [4.78, 5) is 14.9. The normalized spacial score (nSPS) is 14.6. The molecule has 0 aromatic heterocycles. The molecule has 156 valence electrons. The summed E-state index contributed by atoms with van der Waals surface area (Å²) in [6.45, 7) is 1.60. The number of hydrogen-bond donors (Lipinski definition) is 0. The lowest BCUT2D eigenvalue weighted by Crippen LogP contribution is -2.44. The molecule has 0 saturated heterocycles. The van der Waals surface area contributed by atoms with Gasteiger partial charge in [0.05, 0.1) is 17.7 Å². The molecule has 6 nitrogen and oxygen atoms in total. The van der Waals surface area contributed by atoms with Crippen LogP contribution in [0, 0.1) is 6.92 Å². The molecular weight excluding hydrogens is 388 g/mol. The number of sulfonamides is 1. The van der Waals surface area contributed by atoms with Gasteiger partial charge in [0.25, 0.3) is 10.0 Å². The Bertz CT molecular complexity index is 954. The lowest BCUT2D eigenvalue weighted by atomic mass is 10.2. The zero-order valence-electron chi connectivity index (χ0n) is 17.2. The van der Waals surface area contributed by atoms with Crippen LogP contribution in [0.25, 0.3) is 0 Å². The maximum atomic E-state index is 13.5. The van der Waals surface area contributed by atoms with Crippen LogP contribution in [0.1, 0.15) is 31.2 Å². The molecule has 0 N–H and O–H groups in total. The molecule has 2 aromatic carbocycles. The zero-order chi connectivity index (χ0) is 21.0. The lowest BCUT2D eigenvalue weighted by molar-refractivity contribution is -0.130. The number of likely N-dealkylation sites (N-methyl/N-ethyl adjacent to an activating group) is 1. The second kappa shape index (κ2) is 8.86. The summed E-state index contributed by atoms with van der Waals surface area (Å²) >= 11 is 0. The fourth-order valence-electron chi connectivity index (χ4n) is 3.74. The number of rotatable bonds is 7. The van der Waals surface area contributed by atoms with E-state index in [4.69, 9.17) is 4.74 Å². The van der Waals surface area contributed by atoms with E-state index < -0.39 is 10.0 Å². The number of methoxy groups -OCH3 is 1. The summed E-state index contributed by atoms with van der Waals surface area (Å²) < 4.78 is 33.6. The molecule has 1 fully saturated rings. The highest BCUT2D eigenvalue weighted by molar-refractivity contribution is 7.92. The van der Waals surface area contributed by atoms with Crippen molar-refractivity contribution in [2.24, 2.45) is 0 Å². The molecule has 1 amide bonds. The minimum Gasteiger partial charge on any atom is -0.495 e. The Morgan fingerprint density at radius 1 is 1.10 bits per heavy atom. The Kier molecular flexibility index (Phi) is 6.47. The van der Waals surface area contributed by atoms with E-state index in [2.05, 4.69) is 0 Å². The van der Waals surface area contributed by atoms with E-state index >= 15 is 0 Å². The van der Waals surface area contributed by atoms with E-state index in [0.717, 1.165) is 31.2 Å². The van der Waals surface area contributed by atoms with Crippen molar-refractivity contribution in [3.8, 4) is 5.75 Å². The minimum absolute atomic E-state index is 0.139. The Morgan fingerprint density at radius 2 is 1.76 bits per heavy atom. The molecule has 7 heteroatoms. The number of carbonyl (C=O) groups is 1. The topological polar surface area (TPSA) is 66.9 Å². The first kappa shape index (κ1) is 21.2. The Hall–Kier alpha value is -2.54. The Labute approximate surface area is 173 Å². The molecule has 0 aliphatic heterocycles. The third-order valence-corrected chi connectivity index (χ3v) is 7.25. The van der Waals surface area contributed by atoms with Crippen LogP contribution in [-0.2, 0) is 14.8 Å². The number of nitrogens with zero attached hydrogens (tertiary/aromatic N) is 2. The minimum atomic E-state index is -3.95. The fourth-order valence-corrected chi connectivity index (χ4v) is 5.18. The number of hydrogen-bond acceptors (Lipinski definition) is 4. The zero-order valence-corrected chi connectivity index (χ0v) is 18.0. The summed E-state index contributed by atoms with van der Waals surface area (Å²) in [7, 11) is -0.693. The smallest absolute Gasteiger partial charge is 0.264 e. The lowest BCUT2D eigenvalue weighted by Gasteiger charge is -2.30. The molecule has 1 aliphatic rings. The number of carbonyl (C=O) groups excluding carboxylic acids is 1. The Morgan fingerprint density at radius 3 is 2.38 bits per heavy atom. The van der Waals surface area contributed by atoms with Crippen molar-refractivity contribution in [3.63, 3.8) is 0 Å². The van der Waals surface area contributed by atoms with E-state index in [-0.39, 0.29) is 23.4 Å². The first-order valence-electron chi connectivity index (χ1n) is 9.82. The third kappa shape index (κ3) is 4.56. The van der Waals surface area contributed by atoms with Crippen LogP contribution in [-0.4, -0.2) is 46.0 Å². The second-order valence-corrected chi connectivity index (χ2v) is 9.31. The highest BCUT2D eigenvalue weighted by atomic mass is 32.2. The molecular formula is C22H28N2O4S. The van der Waals surface area contributed by atoms with Crippen LogP contribution < -0.4 is 9.04 Å². The quantitative estimate of drug-likeness (QED) is 0.692. The molecule has 0 bridgehead atoms. The van der Waals surface area contributed by atoms with Gasteiger partial charge in [0, 0.05) is 13.1 Å². The predicted molar refractivity (Wildman–Crippen MR) is 114 cm³/mol. The van der Waals surface area contributed by atoms with Gasteiger partial charge in [-0.1, -0.05) is 37.1 Å². The fraction of sp³-hybridized carbons (Fsp3) is 0.409. The van der Waals surface area contributed by atoms with Gasteiger partial charge in [-0.3, -0.25) is 9.10 Å². The molecule has 0 spiro atoms.